The summed E-state index contributed by atoms with van der Waals surface area (Å²) >= 11 is 5.41. The topological polar surface area (TPSA) is 72.4 Å². The molecule has 1 aliphatic heterocycles. The van der Waals surface area contributed by atoms with E-state index < -0.39 is 0 Å². The fourth-order valence-electron chi connectivity index (χ4n) is 4.42. The Morgan fingerprint density at radius 3 is 2.41 bits per heavy atom. The number of amides is 1. The fraction of sp³-hybridized carbons (Fsp3) is 0.423. The number of hydrogen-bond acceptors (Lipinski definition) is 5. The standard InChI is InChI=1S/C26H32N4O3S/c1-3-33-23-10-6-19(7-11-23)4-5-20-14-16-29(17-15-20)24(31)18-30-25(27-28-26(30)34)21-8-12-22(32-2)13-9-21/h6-13,20H,3-5,14-18H2,1-2H3,(H,28,34). The number of likely N-dealkylation sites (tertiary alicyclic amines) is 1. The molecule has 2 heterocycles. The molecule has 2 aromatic carbocycles. The van der Waals surface area contributed by atoms with Crippen molar-refractivity contribution in [2.45, 2.75) is 39.2 Å². The van der Waals surface area contributed by atoms with Gasteiger partial charge in [-0.1, -0.05) is 12.1 Å². The molecular weight excluding hydrogens is 448 g/mol. The van der Waals surface area contributed by atoms with Crippen LogP contribution in [0, 0.1) is 10.7 Å². The average Bonchev–Trinajstić information content (AvgIpc) is 3.24. The van der Waals surface area contributed by atoms with Gasteiger partial charge in [-0.3, -0.25) is 14.5 Å². The number of carbonyl (C=O) groups excluding carboxylic acids is 1. The molecule has 1 aromatic heterocycles. The Kier molecular flexibility index (Phi) is 8.00. The molecule has 8 heteroatoms. The highest BCUT2D eigenvalue weighted by atomic mass is 32.1. The predicted molar refractivity (Wildman–Crippen MR) is 135 cm³/mol. The minimum atomic E-state index is 0.0808. The van der Waals surface area contributed by atoms with Crippen LogP contribution in [0.2, 0.25) is 0 Å². The van der Waals surface area contributed by atoms with Gasteiger partial charge in [0.25, 0.3) is 0 Å². The molecule has 34 heavy (non-hydrogen) atoms. The lowest BCUT2D eigenvalue weighted by Crippen LogP contribution is -2.40. The summed E-state index contributed by atoms with van der Waals surface area (Å²) in [5, 5.41) is 7.18. The lowest BCUT2D eigenvalue weighted by atomic mass is 9.90. The van der Waals surface area contributed by atoms with Crippen molar-refractivity contribution in [2.75, 3.05) is 26.8 Å². The Labute approximate surface area is 205 Å². The van der Waals surface area contributed by atoms with Crippen molar-refractivity contribution in [1.29, 1.82) is 0 Å². The van der Waals surface area contributed by atoms with Gasteiger partial charge in [0.1, 0.15) is 18.0 Å². The van der Waals surface area contributed by atoms with E-state index in [1.54, 1.807) is 11.7 Å². The molecule has 0 spiro atoms. The number of nitrogens with one attached hydrogen (secondary N) is 1. The van der Waals surface area contributed by atoms with Gasteiger partial charge in [0.2, 0.25) is 5.91 Å². The average molecular weight is 481 g/mol. The molecule has 1 aliphatic rings. The zero-order valence-corrected chi connectivity index (χ0v) is 20.6. The number of nitrogens with zero attached hydrogens (tertiary/aromatic N) is 3. The highest BCUT2D eigenvalue weighted by Crippen LogP contribution is 2.25. The number of aromatic nitrogens is 3. The first-order chi connectivity index (χ1) is 16.6. The first kappa shape index (κ1) is 24.0. The van der Waals surface area contributed by atoms with Crippen molar-refractivity contribution in [3.05, 3.63) is 58.9 Å². The van der Waals surface area contributed by atoms with Crippen molar-refractivity contribution < 1.29 is 14.3 Å². The second-order valence-electron chi connectivity index (χ2n) is 8.61. The van der Waals surface area contributed by atoms with Crippen LogP contribution in [0.1, 0.15) is 31.7 Å². The third kappa shape index (κ3) is 5.86. The molecule has 1 amide bonds. The SMILES string of the molecule is CCOc1ccc(CCC2CCN(C(=O)Cn3c(-c4ccc(OC)cc4)n[nH]c3=S)CC2)cc1. The zero-order chi connectivity index (χ0) is 23.9. The number of aryl methyl sites for hydroxylation is 1. The highest BCUT2D eigenvalue weighted by molar-refractivity contribution is 7.71. The summed E-state index contributed by atoms with van der Waals surface area (Å²) in [5.41, 5.74) is 2.22. The molecule has 0 aliphatic carbocycles. The molecule has 0 unspecified atom stereocenters. The van der Waals surface area contributed by atoms with Crippen LogP contribution < -0.4 is 9.47 Å². The van der Waals surface area contributed by atoms with Gasteiger partial charge in [-0.2, -0.15) is 5.10 Å². The van der Waals surface area contributed by atoms with Gasteiger partial charge >= 0.3 is 0 Å². The Morgan fingerprint density at radius 1 is 1.09 bits per heavy atom. The quantitative estimate of drug-likeness (QED) is 0.442. The minimum absolute atomic E-state index is 0.0808. The smallest absolute Gasteiger partial charge is 0.242 e. The predicted octanol–water partition coefficient (Wildman–Crippen LogP) is 4.89. The molecule has 1 N–H and O–H groups in total. The van der Waals surface area contributed by atoms with Crippen LogP contribution in [0.25, 0.3) is 11.4 Å². The number of H-pyrrole nitrogens is 1. The maximum Gasteiger partial charge on any atom is 0.242 e. The number of piperidine rings is 1. The van der Waals surface area contributed by atoms with Crippen molar-refractivity contribution in [1.82, 2.24) is 19.7 Å². The van der Waals surface area contributed by atoms with Gasteiger partial charge in [0, 0.05) is 18.7 Å². The van der Waals surface area contributed by atoms with Gasteiger partial charge < -0.3 is 14.4 Å². The minimum Gasteiger partial charge on any atom is -0.497 e. The second kappa shape index (κ2) is 11.3. The third-order valence-corrected chi connectivity index (χ3v) is 6.75. The lowest BCUT2D eigenvalue weighted by Gasteiger charge is -2.32. The van der Waals surface area contributed by atoms with E-state index >= 15 is 0 Å². The molecule has 0 bridgehead atoms. The molecule has 1 saturated heterocycles. The summed E-state index contributed by atoms with van der Waals surface area (Å²) in [7, 11) is 1.63. The molecule has 0 atom stereocenters. The molecule has 1 fully saturated rings. The maximum absolute atomic E-state index is 13.1. The van der Waals surface area contributed by atoms with E-state index in [4.69, 9.17) is 21.7 Å². The molecule has 180 valence electrons. The van der Waals surface area contributed by atoms with E-state index in [-0.39, 0.29) is 12.5 Å². The summed E-state index contributed by atoms with van der Waals surface area (Å²) in [6.45, 7) is 4.44. The molecule has 0 radical (unpaired) electrons. The highest BCUT2D eigenvalue weighted by Gasteiger charge is 2.24. The first-order valence-electron chi connectivity index (χ1n) is 11.9. The van der Waals surface area contributed by atoms with Gasteiger partial charge in [0.05, 0.1) is 13.7 Å². The van der Waals surface area contributed by atoms with Crippen LogP contribution in [0.4, 0.5) is 0 Å². The van der Waals surface area contributed by atoms with Crippen LogP contribution in [0.5, 0.6) is 11.5 Å². The first-order valence-corrected chi connectivity index (χ1v) is 12.3. The third-order valence-electron chi connectivity index (χ3n) is 6.44. The largest absolute Gasteiger partial charge is 0.497 e. The Balaban J connectivity index is 1.29. The van der Waals surface area contributed by atoms with E-state index in [1.807, 2.05) is 48.2 Å². The monoisotopic (exact) mass is 480 g/mol. The Morgan fingerprint density at radius 2 is 1.76 bits per heavy atom. The molecule has 4 rings (SSSR count). The maximum atomic E-state index is 13.1. The Bertz CT molecular complexity index is 1130. The summed E-state index contributed by atoms with van der Waals surface area (Å²) in [6, 6.07) is 16.0. The van der Waals surface area contributed by atoms with E-state index in [0.29, 0.717) is 23.1 Å². The number of carbonyl (C=O) groups is 1. The normalized spacial score (nSPS) is 14.2. The van der Waals surface area contributed by atoms with Crippen molar-refractivity contribution >= 4 is 18.1 Å². The second-order valence-corrected chi connectivity index (χ2v) is 8.99. The van der Waals surface area contributed by atoms with Gasteiger partial charge in [-0.05, 0) is 92.7 Å². The number of ether oxygens (including phenoxy) is 2. The summed E-state index contributed by atoms with van der Waals surface area (Å²) in [5.74, 6) is 3.07. The summed E-state index contributed by atoms with van der Waals surface area (Å²) in [6.07, 6.45) is 4.26. The number of aromatic amines is 1. The van der Waals surface area contributed by atoms with Crippen molar-refractivity contribution in [2.24, 2.45) is 5.92 Å². The van der Waals surface area contributed by atoms with Gasteiger partial charge in [-0.15, -0.1) is 0 Å². The van der Waals surface area contributed by atoms with E-state index in [2.05, 4.69) is 22.3 Å². The Hall–Kier alpha value is -3.13. The van der Waals surface area contributed by atoms with E-state index in [1.165, 1.54) is 5.56 Å². The molecular formula is C26H32N4O3S. The number of hydrogen-bond donors (Lipinski definition) is 1. The van der Waals surface area contributed by atoms with Crippen LogP contribution in [0.15, 0.2) is 48.5 Å². The number of rotatable bonds is 9. The van der Waals surface area contributed by atoms with Crippen LogP contribution in [-0.2, 0) is 17.8 Å². The zero-order valence-electron chi connectivity index (χ0n) is 19.8. The lowest BCUT2D eigenvalue weighted by molar-refractivity contribution is -0.133. The van der Waals surface area contributed by atoms with Gasteiger partial charge in [0.15, 0.2) is 10.6 Å². The fourth-order valence-corrected chi connectivity index (χ4v) is 4.62. The number of methoxy groups -OCH3 is 1. The van der Waals surface area contributed by atoms with Crippen LogP contribution in [-0.4, -0.2) is 52.4 Å². The van der Waals surface area contributed by atoms with Crippen LogP contribution >= 0.6 is 12.2 Å². The van der Waals surface area contributed by atoms with E-state index in [9.17, 15) is 4.79 Å². The van der Waals surface area contributed by atoms with Crippen molar-refractivity contribution in [3.63, 3.8) is 0 Å². The summed E-state index contributed by atoms with van der Waals surface area (Å²) < 4.78 is 13.0. The molecule has 7 nitrogen and oxygen atoms in total. The summed E-state index contributed by atoms with van der Waals surface area (Å²) in [4.78, 5) is 15.0. The number of benzene rings is 2. The van der Waals surface area contributed by atoms with Crippen LogP contribution in [0.3, 0.4) is 0 Å². The molecule has 0 saturated carbocycles. The molecule has 3 aromatic rings. The van der Waals surface area contributed by atoms with E-state index in [0.717, 1.165) is 55.8 Å². The van der Waals surface area contributed by atoms with Crippen molar-refractivity contribution in [3.8, 4) is 22.9 Å². The van der Waals surface area contributed by atoms with Gasteiger partial charge in [-0.25, -0.2) is 0 Å².